The molecule has 0 aliphatic carbocycles. The lowest BCUT2D eigenvalue weighted by atomic mass is 10.0. The first kappa shape index (κ1) is 15.4. The molecule has 2 aromatic rings. The Morgan fingerprint density at radius 1 is 1.14 bits per heavy atom. The van der Waals surface area contributed by atoms with Crippen LogP contribution >= 0.6 is 0 Å². The molecular formula is C17H23N3O. The molecule has 0 amide bonds. The van der Waals surface area contributed by atoms with E-state index in [9.17, 15) is 0 Å². The Kier molecular flexibility index (Phi) is 4.58. The second-order valence-electron chi connectivity index (χ2n) is 5.29. The van der Waals surface area contributed by atoms with Gasteiger partial charge in [-0.15, -0.1) is 0 Å². The van der Waals surface area contributed by atoms with Gasteiger partial charge in [0, 0.05) is 17.7 Å². The van der Waals surface area contributed by atoms with Gasteiger partial charge in [-0.05, 0) is 27.2 Å². The van der Waals surface area contributed by atoms with Crippen LogP contribution in [0.25, 0.3) is 11.3 Å². The summed E-state index contributed by atoms with van der Waals surface area (Å²) < 4.78 is 5.87. The molecule has 2 N–H and O–H groups in total. The van der Waals surface area contributed by atoms with Crippen LogP contribution in [0.1, 0.15) is 38.6 Å². The fraction of sp³-hybridized carbons (Fsp3) is 0.412. The van der Waals surface area contributed by atoms with Gasteiger partial charge < -0.3 is 10.5 Å². The van der Waals surface area contributed by atoms with Crippen molar-refractivity contribution in [2.45, 2.75) is 39.7 Å². The number of rotatable bonds is 5. The molecule has 112 valence electrons. The van der Waals surface area contributed by atoms with Crippen LogP contribution < -0.4 is 5.73 Å². The van der Waals surface area contributed by atoms with Gasteiger partial charge in [-0.25, -0.2) is 9.97 Å². The van der Waals surface area contributed by atoms with Crippen molar-refractivity contribution in [1.29, 1.82) is 0 Å². The van der Waals surface area contributed by atoms with Crippen LogP contribution in [0.15, 0.2) is 30.3 Å². The lowest BCUT2D eigenvalue weighted by Gasteiger charge is -2.27. The third-order valence-electron chi connectivity index (χ3n) is 3.84. The lowest BCUT2D eigenvalue weighted by Crippen LogP contribution is -2.28. The van der Waals surface area contributed by atoms with Crippen molar-refractivity contribution >= 4 is 5.82 Å². The summed E-state index contributed by atoms with van der Waals surface area (Å²) in [6.45, 7) is 8.61. The molecule has 0 fully saturated rings. The highest BCUT2D eigenvalue weighted by molar-refractivity contribution is 5.67. The van der Waals surface area contributed by atoms with Crippen molar-refractivity contribution in [1.82, 2.24) is 9.97 Å². The highest BCUT2D eigenvalue weighted by Gasteiger charge is 2.29. The topological polar surface area (TPSA) is 61.0 Å². The van der Waals surface area contributed by atoms with Crippen LogP contribution in [0.2, 0.25) is 0 Å². The Hall–Kier alpha value is -1.94. The van der Waals surface area contributed by atoms with Gasteiger partial charge >= 0.3 is 0 Å². The van der Waals surface area contributed by atoms with E-state index < -0.39 is 5.60 Å². The molecule has 1 aromatic heterocycles. The second-order valence-corrected chi connectivity index (χ2v) is 5.29. The average molecular weight is 285 g/mol. The lowest BCUT2D eigenvalue weighted by molar-refractivity contribution is -0.0388. The first-order chi connectivity index (χ1) is 10.0. The third-order valence-corrected chi connectivity index (χ3v) is 3.84. The summed E-state index contributed by atoms with van der Waals surface area (Å²) in [5.41, 5.74) is 8.40. The number of nitrogens with zero attached hydrogens (tertiary/aromatic N) is 2. The Morgan fingerprint density at radius 2 is 1.81 bits per heavy atom. The fourth-order valence-corrected chi connectivity index (χ4v) is 2.29. The number of nitrogens with two attached hydrogens (primary N) is 1. The minimum absolute atomic E-state index is 0.512. The highest BCUT2D eigenvalue weighted by atomic mass is 16.5. The predicted molar refractivity (Wildman–Crippen MR) is 85.9 cm³/mol. The summed E-state index contributed by atoms with van der Waals surface area (Å²) >= 11 is 0. The van der Waals surface area contributed by atoms with Crippen LogP contribution in [-0.2, 0) is 10.3 Å². The third kappa shape index (κ3) is 3.05. The fourth-order valence-electron chi connectivity index (χ4n) is 2.29. The van der Waals surface area contributed by atoms with Crippen molar-refractivity contribution in [2.75, 3.05) is 12.3 Å². The number of hydrogen-bond donors (Lipinski definition) is 1. The summed E-state index contributed by atoms with van der Waals surface area (Å²) in [4.78, 5) is 9.21. The van der Waals surface area contributed by atoms with Crippen molar-refractivity contribution in [3.8, 4) is 11.3 Å². The van der Waals surface area contributed by atoms with Gasteiger partial charge in [0.15, 0.2) is 5.82 Å². The molecule has 0 bridgehead atoms. The Balaban J connectivity index is 2.58. The van der Waals surface area contributed by atoms with Gasteiger partial charge in [0.1, 0.15) is 11.4 Å². The van der Waals surface area contributed by atoms with E-state index in [2.05, 4.69) is 11.9 Å². The Morgan fingerprint density at radius 3 is 2.38 bits per heavy atom. The van der Waals surface area contributed by atoms with E-state index in [4.69, 9.17) is 15.5 Å². The van der Waals surface area contributed by atoms with E-state index in [0.29, 0.717) is 18.2 Å². The van der Waals surface area contributed by atoms with Crippen molar-refractivity contribution in [3.63, 3.8) is 0 Å². The molecule has 2 rings (SSSR count). The minimum atomic E-state index is -0.514. The monoisotopic (exact) mass is 285 g/mol. The highest BCUT2D eigenvalue weighted by Crippen LogP contribution is 2.31. The van der Waals surface area contributed by atoms with Crippen LogP contribution in [-0.4, -0.2) is 16.6 Å². The van der Waals surface area contributed by atoms with Crippen LogP contribution in [0.5, 0.6) is 0 Å². The molecule has 0 aliphatic rings. The molecule has 1 atom stereocenters. The average Bonchev–Trinajstić information content (AvgIpc) is 2.50. The molecule has 4 heteroatoms. The summed E-state index contributed by atoms with van der Waals surface area (Å²) in [5, 5.41) is 0. The van der Waals surface area contributed by atoms with Crippen molar-refractivity contribution < 1.29 is 4.74 Å². The quantitative estimate of drug-likeness (QED) is 0.910. The zero-order chi connectivity index (χ0) is 15.5. The first-order valence-electron chi connectivity index (χ1n) is 7.35. The van der Waals surface area contributed by atoms with Crippen LogP contribution in [0, 0.1) is 6.92 Å². The summed E-state index contributed by atoms with van der Waals surface area (Å²) in [7, 11) is 0. The predicted octanol–water partition coefficient (Wildman–Crippen LogP) is 3.70. The van der Waals surface area contributed by atoms with E-state index in [1.807, 2.05) is 51.1 Å². The molecule has 0 spiro atoms. The van der Waals surface area contributed by atoms with E-state index in [0.717, 1.165) is 23.2 Å². The number of benzene rings is 1. The van der Waals surface area contributed by atoms with Crippen LogP contribution in [0.4, 0.5) is 5.82 Å². The van der Waals surface area contributed by atoms with Crippen LogP contribution in [0.3, 0.4) is 0 Å². The van der Waals surface area contributed by atoms with Gasteiger partial charge in [-0.1, -0.05) is 37.3 Å². The molecule has 21 heavy (non-hydrogen) atoms. The standard InChI is InChI=1S/C17H23N3O/c1-5-17(4,21-6-2)16-19-14(12(3)15(18)20-16)13-10-8-7-9-11-13/h7-11H,5-6H2,1-4H3,(H2,18,19,20). The number of aromatic nitrogens is 2. The Bertz CT molecular complexity index is 613. The van der Waals surface area contributed by atoms with E-state index in [-0.39, 0.29) is 0 Å². The number of nitrogen functional groups attached to an aromatic ring is 1. The molecular weight excluding hydrogens is 262 g/mol. The number of hydrogen-bond acceptors (Lipinski definition) is 4. The SMILES string of the molecule is CCOC(C)(CC)c1nc(N)c(C)c(-c2ccccc2)n1. The van der Waals surface area contributed by atoms with E-state index in [1.165, 1.54) is 0 Å². The molecule has 1 aromatic carbocycles. The number of ether oxygens (including phenoxy) is 1. The number of anilines is 1. The Labute approximate surface area is 126 Å². The second kappa shape index (κ2) is 6.22. The van der Waals surface area contributed by atoms with Crippen molar-refractivity contribution in [3.05, 3.63) is 41.7 Å². The minimum Gasteiger partial charge on any atom is -0.383 e. The van der Waals surface area contributed by atoms with Gasteiger partial charge in [0.05, 0.1) is 5.69 Å². The molecule has 0 aliphatic heterocycles. The molecule has 0 radical (unpaired) electrons. The molecule has 0 saturated carbocycles. The smallest absolute Gasteiger partial charge is 0.162 e. The maximum atomic E-state index is 6.10. The van der Waals surface area contributed by atoms with Gasteiger partial charge in [0.25, 0.3) is 0 Å². The van der Waals surface area contributed by atoms with Crippen molar-refractivity contribution in [2.24, 2.45) is 0 Å². The van der Waals surface area contributed by atoms with Gasteiger partial charge in [-0.3, -0.25) is 0 Å². The molecule has 1 heterocycles. The largest absolute Gasteiger partial charge is 0.383 e. The van der Waals surface area contributed by atoms with Gasteiger partial charge in [0.2, 0.25) is 0 Å². The zero-order valence-corrected chi connectivity index (χ0v) is 13.2. The molecule has 1 unspecified atom stereocenters. The van der Waals surface area contributed by atoms with Gasteiger partial charge in [-0.2, -0.15) is 0 Å². The summed E-state index contributed by atoms with van der Waals surface area (Å²) in [6.07, 6.45) is 0.789. The first-order valence-corrected chi connectivity index (χ1v) is 7.35. The summed E-state index contributed by atoms with van der Waals surface area (Å²) in [5.74, 6) is 1.16. The summed E-state index contributed by atoms with van der Waals surface area (Å²) in [6, 6.07) is 10.0. The zero-order valence-electron chi connectivity index (χ0n) is 13.2. The normalized spacial score (nSPS) is 13.9. The molecule has 0 saturated heterocycles. The van der Waals surface area contributed by atoms with E-state index in [1.54, 1.807) is 0 Å². The maximum Gasteiger partial charge on any atom is 0.162 e. The maximum absolute atomic E-state index is 6.10. The molecule has 4 nitrogen and oxygen atoms in total. The van der Waals surface area contributed by atoms with E-state index >= 15 is 0 Å².